The Labute approximate surface area is 102 Å². The molecule has 1 fully saturated rings. The summed E-state index contributed by atoms with van der Waals surface area (Å²) in [5, 5.41) is 12.2. The fourth-order valence-corrected chi connectivity index (χ4v) is 2.20. The molecular weight excluding hydrogens is 212 g/mol. The van der Waals surface area contributed by atoms with Gasteiger partial charge in [0.15, 0.2) is 0 Å². The van der Waals surface area contributed by atoms with Crippen molar-refractivity contribution in [1.29, 1.82) is 5.26 Å². The Bertz CT molecular complexity index is 387. The highest BCUT2D eigenvalue weighted by atomic mass is 15.2. The Balaban J connectivity index is 2.03. The zero-order chi connectivity index (χ0) is 12.1. The molecule has 0 radical (unpaired) electrons. The predicted molar refractivity (Wildman–Crippen MR) is 67.9 cm³/mol. The van der Waals surface area contributed by atoms with Crippen molar-refractivity contribution >= 4 is 5.82 Å². The number of likely N-dealkylation sites (N-methyl/N-ethyl adjacent to an activating group) is 1. The van der Waals surface area contributed by atoms with Crippen molar-refractivity contribution < 1.29 is 0 Å². The van der Waals surface area contributed by atoms with E-state index < -0.39 is 0 Å². The summed E-state index contributed by atoms with van der Waals surface area (Å²) >= 11 is 0. The summed E-state index contributed by atoms with van der Waals surface area (Å²) in [7, 11) is 0. The summed E-state index contributed by atoms with van der Waals surface area (Å²) in [6, 6.07) is 6.42. The fourth-order valence-electron chi connectivity index (χ4n) is 2.20. The lowest BCUT2D eigenvalue weighted by atomic mass is 10.2. The summed E-state index contributed by atoms with van der Waals surface area (Å²) in [5.74, 6) is 0.959. The van der Waals surface area contributed by atoms with Crippen LogP contribution in [0.1, 0.15) is 25.3 Å². The molecule has 1 N–H and O–H groups in total. The molecule has 1 aromatic rings. The summed E-state index contributed by atoms with van der Waals surface area (Å²) in [6.07, 6.45) is 4.15. The third kappa shape index (κ3) is 2.95. The highest BCUT2D eigenvalue weighted by Crippen LogP contribution is 2.14. The van der Waals surface area contributed by atoms with Crippen LogP contribution in [0.2, 0.25) is 0 Å². The van der Waals surface area contributed by atoms with E-state index in [1.807, 2.05) is 12.1 Å². The van der Waals surface area contributed by atoms with Crippen molar-refractivity contribution in [2.45, 2.75) is 25.8 Å². The minimum atomic E-state index is 0.576. The second kappa shape index (κ2) is 5.65. The molecule has 1 aliphatic rings. The molecule has 1 atom stereocenters. The quantitative estimate of drug-likeness (QED) is 0.852. The number of rotatable bonds is 4. The normalized spacial score (nSPS) is 18.9. The molecule has 90 valence electrons. The lowest BCUT2D eigenvalue weighted by Gasteiger charge is -2.25. The zero-order valence-electron chi connectivity index (χ0n) is 10.2. The third-order valence-corrected chi connectivity index (χ3v) is 3.19. The molecular formula is C13H18N4. The molecule has 17 heavy (non-hydrogen) atoms. The van der Waals surface area contributed by atoms with Crippen LogP contribution >= 0.6 is 0 Å². The van der Waals surface area contributed by atoms with E-state index in [9.17, 15) is 0 Å². The third-order valence-electron chi connectivity index (χ3n) is 3.19. The number of hydrogen-bond donors (Lipinski definition) is 1. The van der Waals surface area contributed by atoms with Crippen LogP contribution in [-0.4, -0.2) is 30.7 Å². The Morgan fingerprint density at radius 1 is 1.59 bits per heavy atom. The van der Waals surface area contributed by atoms with Crippen LogP contribution in [0.4, 0.5) is 5.82 Å². The molecule has 0 spiro atoms. The van der Waals surface area contributed by atoms with E-state index in [-0.39, 0.29) is 0 Å². The molecule has 1 aliphatic heterocycles. The first-order valence-electron chi connectivity index (χ1n) is 6.18. The number of aromatic nitrogens is 1. The fraction of sp³-hybridized carbons (Fsp3) is 0.538. The maximum atomic E-state index is 8.74. The molecule has 4 nitrogen and oxygen atoms in total. The van der Waals surface area contributed by atoms with E-state index >= 15 is 0 Å². The van der Waals surface area contributed by atoms with Crippen molar-refractivity contribution in [2.24, 2.45) is 0 Å². The first-order chi connectivity index (χ1) is 8.33. The van der Waals surface area contributed by atoms with Gasteiger partial charge in [-0.3, -0.25) is 0 Å². The van der Waals surface area contributed by atoms with E-state index in [0.717, 1.165) is 25.5 Å². The predicted octanol–water partition coefficient (Wildman–Crippen LogP) is 1.53. The van der Waals surface area contributed by atoms with Crippen molar-refractivity contribution in [3.63, 3.8) is 0 Å². The average Bonchev–Trinajstić information content (AvgIpc) is 2.89. The molecule has 0 bridgehead atoms. The van der Waals surface area contributed by atoms with Gasteiger partial charge < -0.3 is 10.2 Å². The molecule has 2 heterocycles. The van der Waals surface area contributed by atoms with Gasteiger partial charge in [-0.15, -0.1) is 0 Å². The highest BCUT2D eigenvalue weighted by Gasteiger charge is 2.17. The van der Waals surface area contributed by atoms with Gasteiger partial charge in [-0.05, 0) is 38.4 Å². The first-order valence-corrected chi connectivity index (χ1v) is 6.18. The maximum Gasteiger partial charge on any atom is 0.128 e. The molecule has 0 saturated carbocycles. The van der Waals surface area contributed by atoms with Gasteiger partial charge in [-0.1, -0.05) is 0 Å². The lowest BCUT2D eigenvalue weighted by molar-refractivity contribution is 0.584. The van der Waals surface area contributed by atoms with E-state index in [1.165, 1.54) is 12.8 Å². The second-order valence-corrected chi connectivity index (χ2v) is 4.35. The van der Waals surface area contributed by atoms with E-state index in [0.29, 0.717) is 11.6 Å². The Morgan fingerprint density at radius 3 is 3.00 bits per heavy atom. The van der Waals surface area contributed by atoms with Crippen LogP contribution in [0.5, 0.6) is 0 Å². The van der Waals surface area contributed by atoms with Crippen LogP contribution in [0.3, 0.4) is 0 Å². The molecule has 1 unspecified atom stereocenters. The molecule has 2 rings (SSSR count). The standard InChI is InChI=1S/C13H18N4/c1-2-17(10-12-4-3-7-15-12)13-6-5-11(8-14)9-16-13/h5-6,9,12,15H,2-4,7,10H2,1H3. The van der Waals surface area contributed by atoms with Crippen molar-refractivity contribution in [3.05, 3.63) is 23.9 Å². The van der Waals surface area contributed by atoms with Gasteiger partial charge in [0.25, 0.3) is 0 Å². The largest absolute Gasteiger partial charge is 0.355 e. The topological polar surface area (TPSA) is 52.0 Å². The number of pyridine rings is 1. The number of nitrogens with zero attached hydrogens (tertiary/aromatic N) is 3. The number of hydrogen-bond acceptors (Lipinski definition) is 4. The molecule has 0 aromatic carbocycles. The van der Waals surface area contributed by atoms with E-state index in [4.69, 9.17) is 5.26 Å². The van der Waals surface area contributed by atoms with Crippen LogP contribution in [0.25, 0.3) is 0 Å². The monoisotopic (exact) mass is 230 g/mol. The SMILES string of the molecule is CCN(CC1CCCN1)c1ccc(C#N)cn1. The summed E-state index contributed by atoms with van der Waals surface area (Å²) < 4.78 is 0. The van der Waals surface area contributed by atoms with Gasteiger partial charge in [-0.2, -0.15) is 5.26 Å². The van der Waals surface area contributed by atoms with Crippen molar-refractivity contribution in [2.75, 3.05) is 24.5 Å². The molecule has 1 aromatic heterocycles. The molecule has 0 amide bonds. The summed E-state index contributed by atoms with van der Waals surface area (Å²) in [5.41, 5.74) is 0.615. The van der Waals surface area contributed by atoms with E-state index in [2.05, 4.69) is 28.2 Å². The van der Waals surface area contributed by atoms with Gasteiger partial charge in [-0.25, -0.2) is 4.98 Å². The van der Waals surface area contributed by atoms with Gasteiger partial charge in [0, 0.05) is 25.3 Å². The maximum absolute atomic E-state index is 8.74. The zero-order valence-corrected chi connectivity index (χ0v) is 10.2. The minimum absolute atomic E-state index is 0.576. The summed E-state index contributed by atoms with van der Waals surface area (Å²) in [4.78, 5) is 6.59. The van der Waals surface area contributed by atoms with Crippen LogP contribution in [0.15, 0.2) is 18.3 Å². The highest BCUT2D eigenvalue weighted by molar-refractivity contribution is 5.41. The van der Waals surface area contributed by atoms with E-state index in [1.54, 1.807) is 6.20 Å². The Kier molecular flexibility index (Phi) is 3.94. The van der Waals surface area contributed by atoms with Crippen LogP contribution in [0, 0.1) is 11.3 Å². The Morgan fingerprint density at radius 2 is 2.47 bits per heavy atom. The lowest BCUT2D eigenvalue weighted by Crippen LogP contribution is -2.37. The molecule has 0 aliphatic carbocycles. The summed E-state index contributed by atoms with van der Waals surface area (Å²) in [6.45, 7) is 5.20. The van der Waals surface area contributed by atoms with Crippen LogP contribution in [-0.2, 0) is 0 Å². The second-order valence-electron chi connectivity index (χ2n) is 4.35. The number of nitriles is 1. The van der Waals surface area contributed by atoms with Crippen LogP contribution < -0.4 is 10.2 Å². The van der Waals surface area contributed by atoms with Gasteiger partial charge in [0.2, 0.25) is 0 Å². The minimum Gasteiger partial charge on any atom is -0.355 e. The first kappa shape index (κ1) is 11.9. The molecule has 1 saturated heterocycles. The average molecular weight is 230 g/mol. The van der Waals surface area contributed by atoms with Gasteiger partial charge >= 0.3 is 0 Å². The smallest absolute Gasteiger partial charge is 0.128 e. The Hall–Kier alpha value is -1.60. The van der Waals surface area contributed by atoms with Gasteiger partial charge in [0.1, 0.15) is 11.9 Å². The van der Waals surface area contributed by atoms with Gasteiger partial charge in [0.05, 0.1) is 5.56 Å². The van der Waals surface area contributed by atoms with Crippen molar-refractivity contribution in [1.82, 2.24) is 10.3 Å². The number of nitrogens with one attached hydrogen (secondary N) is 1. The molecule has 4 heteroatoms. The van der Waals surface area contributed by atoms with Crippen molar-refractivity contribution in [3.8, 4) is 6.07 Å². The number of anilines is 1.